The van der Waals surface area contributed by atoms with Gasteiger partial charge in [0.2, 0.25) is 0 Å². The lowest BCUT2D eigenvalue weighted by Gasteiger charge is -2.35. The van der Waals surface area contributed by atoms with Crippen LogP contribution in [0, 0.1) is 5.41 Å². The van der Waals surface area contributed by atoms with Crippen LogP contribution in [0.2, 0.25) is 0 Å². The van der Waals surface area contributed by atoms with Crippen LogP contribution in [0.25, 0.3) is 0 Å². The Bertz CT molecular complexity index is 575. The molecule has 0 saturated heterocycles. The summed E-state index contributed by atoms with van der Waals surface area (Å²) in [5, 5.41) is 0. The normalized spacial score (nSPS) is 19.4. The van der Waals surface area contributed by atoms with Gasteiger partial charge in [0.25, 0.3) is 5.91 Å². The maximum atomic E-state index is 12.5. The molecule has 2 N–H and O–H groups in total. The van der Waals surface area contributed by atoms with Gasteiger partial charge in [-0.1, -0.05) is 39.8 Å². The van der Waals surface area contributed by atoms with E-state index in [0.717, 1.165) is 17.0 Å². The topological polar surface area (TPSA) is 55.6 Å². The van der Waals surface area contributed by atoms with Crippen molar-refractivity contribution in [1.82, 2.24) is 0 Å². The quantitative estimate of drug-likeness (QED) is 0.867. The molecule has 4 nitrogen and oxygen atoms in total. The van der Waals surface area contributed by atoms with E-state index in [1.54, 1.807) is 11.0 Å². The third kappa shape index (κ3) is 3.02. The smallest absolute Gasteiger partial charge is 0.268 e. The molecule has 1 aromatic carbocycles. The van der Waals surface area contributed by atoms with Crippen LogP contribution in [-0.2, 0) is 4.79 Å². The van der Waals surface area contributed by atoms with Gasteiger partial charge >= 0.3 is 0 Å². The average Bonchev–Trinajstić information content (AvgIpc) is 2.47. The van der Waals surface area contributed by atoms with Gasteiger partial charge in [-0.25, -0.2) is 0 Å². The Kier molecular flexibility index (Phi) is 4.61. The molecule has 22 heavy (non-hydrogen) atoms. The van der Waals surface area contributed by atoms with E-state index in [9.17, 15) is 4.79 Å². The molecule has 0 fully saturated rings. The lowest BCUT2D eigenvalue weighted by Crippen LogP contribution is -2.45. The summed E-state index contributed by atoms with van der Waals surface area (Å²) in [5.74, 6) is 0.717. The predicted molar refractivity (Wildman–Crippen MR) is 90.1 cm³/mol. The number of amides is 1. The lowest BCUT2D eigenvalue weighted by atomic mass is 9.83. The zero-order valence-electron chi connectivity index (χ0n) is 13.9. The van der Waals surface area contributed by atoms with Gasteiger partial charge in [-0.05, 0) is 29.5 Å². The van der Waals surface area contributed by atoms with Crippen molar-refractivity contribution in [2.45, 2.75) is 46.3 Å². The lowest BCUT2D eigenvalue weighted by molar-refractivity contribution is -0.126. The first-order chi connectivity index (χ1) is 10.3. The van der Waals surface area contributed by atoms with Crippen LogP contribution in [0.15, 0.2) is 30.9 Å². The number of hydrogen-bond donors (Lipinski definition) is 1. The van der Waals surface area contributed by atoms with E-state index in [-0.39, 0.29) is 17.4 Å². The maximum absolute atomic E-state index is 12.5. The molecule has 2 unspecified atom stereocenters. The second-order valence-corrected chi connectivity index (χ2v) is 6.82. The summed E-state index contributed by atoms with van der Waals surface area (Å²) in [6.07, 6.45) is 1.96. The third-order valence-electron chi connectivity index (χ3n) is 4.06. The number of hydrogen-bond acceptors (Lipinski definition) is 3. The van der Waals surface area contributed by atoms with Crippen molar-refractivity contribution in [2.24, 2.45) is 11.1 Å². The Hall–Kier alpha value is -1.81. The third-order valence-corrected chi connectivity index (χ3v) is 4.06. The number of anilines is 1. The highest BCUT2D eigenvalue weighted by Gasteiger charge is 2.33. The summed E-state index contributed by atoms with van der Waals surface area (Å²) in [6, 6.07) is 5.77. The number of carbonyl (C=O) groups excluding carboxylic acids is 1. The SMILES string of the molecule is C=CCN1C(=O)C(CC)Oc2ccc(C(N)C(C)(C)C)cc21. The van der Waals surface area contributed by atoms with E-state index < -0.39 is 6.10 Å². The largest absolute Gasteiger partial charge is 0.478 e. The molecule has 1 aliphatic rings. The van der Waals surface area contributed by atoms with E-state index >= 15 is 0 Å². The van der Waals surface area contributed by atoms with E-state index in [0.29, 0.717) is 13.0 Å². The van der Waals surface area contributed by atoms with Gasteiger partial charge < -0.3 is 15.4 Å². The van der Waals surface area contributed by atoms with Crippen LogP contribution >= 0.6 is 0 Å². The Morgan fingerprint density at radius 1 is 1.45 bits per heavy atom. The molecule has 120 valence electrons. The van der Waals surface area contributed by atoms with Gasteiger partial charge in [0.1, 0.15) is 5.75 Å². The molecule has 1 aromatic rings. The van der Waals surface area contributed by atoms with Crippen molar-refractivity contribution in [2.75, 3.05) is 11.4 Å². The van der Waals surface area contributed by atoms with Crippen LogP contribution in [0.3, 0.4) is 0 Å². The molecular weight excluding hydrogens is 276 g/mol. The molecule has 0 aromatic heterocycles. The highest BCUT2D eigenvalue weighted by atomic mass is 16.5. The van der Waals surface area contributed by atoms with Crippen molar-refractivity contribution in [3.05, 3.63) is 36.4 Å². The summed E-state index contributed by atoms with van der Waals surface area (Å²) in [6.45, 7) is 12.5. The molecule has 2 rings (SSSR count). The second-order valence-electron chi connectivity index (χ2n) is 6.82. The Labute approximate surface area is 132 Å². The van der Waals surface area contributed by atoms with E-state index in [1.807, 2.05) is 25.1 Å². The second kappa shape index (κ2) is 6.13. The van der Waals surface area contributed by atoms with E-state index in [4.69, 9.17) is 10.5 Å². The summed E-state index contributed by atoms with van der Waals surface area (Å²) < 4.78 is 5.82. The highest BCUT2D eigenvalue weighted by Crippen LogP contribution is 2.39. The fraction of sp³-hybridized carbons (Fsp3) is 0.500. The van der Waals surface area contributed by atoms with Crippen molar-refractivity contribution in [3.63, 3.8) is 0 Å². The molecular formula is C18H26N2O2. The van der Waals surface area contributed by atoms with E-state index in [2.05, 4.69) is 27.4 Å². The number of benzene rings is 1. The molecule has 1 heterocycles. The molecule has 4 heteroatoms. The first kappa shape index (κ1) is 16.6. The molecule has 0 spiro atoms. The number of nitrogens with two attached hydrogens (primary N) is 1. The summed E-state index contributed by atoms with van der Waals surface area (Å²) in [7, 11) is 0. The number of carbonyl (C=O) groups is 1. The molecule has 0 saturated carbocycles. The van der Waals surface area contributed by atoms with Crippen molar-refractivity contribution in [1.29, 1.82) is 0 Å². The van der Waals surface area contributed by atoms with Crippen LogP contribution in [0.1, 0.15) is 45.7 Å². The molecule has 1 amide bonds. The summed E-state index contributed by atoms with van der Waals surface area (Å²) in [4.78, 5) is 14.2. The van der Waals surface area contributed by atoms with Gasteiger partial charge in [-0.2, -0.15) is 0 Å². The minimum atomic E-state index is -0.422. The van der Waals surface area contributed by atoms with E-state index in [1.165, 1.54) is 0 Å². The van der Waals surface area contributed by atoms with Gasteiger partial charge in [0, 0.05) is 12.6 Å². The average molecular weight is 302 g/mol. The zero-order chi connectivity index (χ0) is 16.5. The summed E-state index contributed by atoms with van der Waals surface area (Å²) >= 11 is 0. The molecule has 2 atom stereocenters. The first-order valence-electron chi connectivity index (χ1n) is 7.78. The minimum absolute atomic E-state index is 0.0172. The van der Waals surface area contributed by atoms with Gasteiger partial charge in [0.05, 0.1) is 5.69 Å². The predicted octanol–water partition coefficient (Wildman–Crippen LogP) is 3.42. The number of rotatable bonds is 4. The minimum Gasteiger partial charge on any atom is -0.478 e. The van der Waals surface area contributed by atoms with Crippen LogP contribution in [-0.4, -0.2) is 18.6 Å². The van der Waals surface area contributed by atoms with Crippen LogP contribution < -0.4 is 15.4 Å². The van der Waals surface area contributed by atoms with Crippen LogP contribution in [0.4, 0.5) is 5.69 Å². The Balaban J connectivity index is 2.46. The number of nitrogens with zero attached hydrogens (tertiary/aromatic N) is 1. The fourth-order valence-electron chi connectivity index (χ4n) is 2.61. The first-order valence-corrected chi connectivity index (χ1v) is 7.78. The zero-order valence-corrected chi connectivity index (χ0v) is 13.9. The molecule has 0 aliphatic carbocycles. The molecule has 0 bridgehead atoms. The van der Waals surface area contributed by atoms with Gasteiger partial charge in [-0.3, -0.25) is 4.79 Å². The van der Waals surface area contributed by atoms with Gasteiger partial charge in [0.15, 0.2) is 6.10 Å². The van der Waals surface area contributed by atoms with Crippen molar-refractivity contribution >= 4 is 11.6 Å². The number of fused-ring (bicyclic) bond motifs is 1. The molecule has 1 aliphatic heterocycles. The molecule has 0 radical (unpaired) electrons. The maximum Gasteiger partial charge on any atom is 0.268 e. The van der Waals surface area contributed by atoms with Gasteiger partial charge in [-0.15, -0.1) is 6.58 Å². The number of ether oxygens (including phenoxy) is 1. The summed E-state index contributed by atoms with van der Waals surface area (Å²) in [5.41, 5.74) is 8.09. The van der Waals surface area contributed by atoms with Crippen molar-refractivity contribution in [3.8, 4) is 5.75 Å². The Morgan fingerprint density at radius 2 is 2.14 bits per heavy atom. The monoisotopic (exact) mass is 302 g/mol. The van der Waals surface area contributed by atoms with Crippen LogP contribution in [0.5, 0.6) is 5.75 Å². The standard InChI is InChI=1S/C18H26N2O2/c1-6-10-20-13-11-12(16(19)18(3,4)5)8-9-15(13)22-14(7-2)17(20)21/h6,8-9,11,14,16H,1,7,10,19H2,2-5H3. The highest BCUT2D eigenvalue weighted by molar-refractivity contribution is 6.00. The fourth-order valence-corrected chi connectivity index (χ4v) is 2.61. The Morgan fingerprint density at radius 3 is 2.68 bits per heavy atom. The van der Waals surface area contributed by atoms with Crippen molar-refractivity contribution < 1.29 is 9.53 Å².